The van der Waals surface area contributed by atoms with Crippen LogP contribution in [0, 0.1) is 0 Å². The van der Waals surface area contributed by atoms with E-state index in [0.717, 1.165) is 38.4 Å². The molecule has 0 bridgehead atoms. The molecule has 4 nitrogen and oxygen atoms in total. The first kappa shape index (κ1) is 14.2. The third-order valence-electron chi connectivity index (χ3n) is 3.00. The van der Waals surface area contributed by atoms with E-state index in [1.807, 2.05) is 10.9 Å². The van der Waals surface area contributed by atoms with Crippen molar-refractivity contribution in [2.45, 2.75) is 40.3 Å². The maximum atomic E-state index is 4.51. The molecular formula is C13H26N4. The second kappa shape index (κ2) is 7.45. The summed E-state index contributed by atoms with van der Waals surface area (Å²) in [6.45, 7) is 13.9. The number of hydrogen-bond donors (Lipinski definition) is 1. The highest BCUT2D eigenvalue weighted by Gasteiger charge is 2.02. The molecule has 0 aliphatic heterocycles. The van der Waals surface area contributed by atoms with E-state index in [1.54, 1.807) is 0 Å². The minimum atomic E-state index is 0.444. The quantitative estimate of drug-likeness (QED) is 0.702. The highest BCUT2D eigenvalue weighted by molar-refractivity contribution is 4.98. The van der Waals surface area contributed by atoms with E-state index in [-0.39, 0.29) is 0 Å². The summed E-state index contributed by atoms with van der Waals surface area (Å²) >= 11 is 0. The number of hydrogen-bond acceptors (Lipinski definition) is 3. The summed E-state index contributed by atoms with van der Waals surface area (Å²) in [6.07, 6.45) is 2.05. The van der Waals surface area contributed by atoms with Crippen LogP contribution < -0.4 is 5.32 Å². The standard InChI is InChI=1S/C13H26N4/c1-5-16(6-2)10-8-14-11-13-7-9-17(15-13)12(3)4/h7,9,12,14H,5-6,8,10-11H2,1-4H3. The molecule has 0 aliphatic rings. The van der Waals surface area contributed by atoms with Crippen LogP contribution in [0.1, 0.15) is 39.4 Å². The molecule has 0 saturated carbocycles. The Morgan fingerprint density at radius 2 is 2.06 bits per heavy atom. The van der Waals surface area contributed by atoms with E-state index in [1.165, 1.54) is 0 Å². The van der Waals surface area contributed by atoms with Gasteiger partial charge < -0.3 is 10.2 Å². The van der Waals surface area contributed by atoms with Crippen LogP contribution in [-0.4, -0.2) is 40.9 Å². The summed E-state index contributed by atoms with van der Waals surface area (Å²) in [4.78, 5) is 2.42. The topological polar surface area (TPSA) is 33.1 Å². The molecule has 1 rings (SSSR count). The summed E-state index contributed by atoms with van der Waals surface area (Å²) in [5.41, 5.74) is 1.12. The normalized spacial score (nSPS) is 11.6. The molecule has 0 unspecified atom stereocenters. The summed E-state index contributed by atoms with van der Waals surface area (Å²) in [6, 6.07) is 2.53. The first-order valence-electron chi connectivity index (χ1n) is 6.64. The summed E-state index contributed by atoms with van der Waals surface area (Å²) < 4.78 is 2.00. The molecule has 17 heavy (non-hydrogen) atoms. The molecular weight excluding hydrogens is 212 g/mol. The number of likely N-dealkylation sites (N-methyl/N-ethyl adjacent to an activating group) is 1. The molecule has 1 N–H and O–H groups in total. The van der Waals surface area contributed by atoms with Gasteiger partial charge in [-0.1, -0.05) is 13.8 Å². The molecule has 1 aromatic heterocycles. The van der Waals surface area contributed by atoms with Crippen molar-refractivity contribution in [1.82, 2.24) is 20.0 Å². The van der Waals surface area contributed by atoms with E-state index in [2.05, 4.69) is 49.1 Å². The van der Waals surface area contributed by atoms with Crippen LogP contribution in [0.2, 0.25) is 0 Å². The molecule has 0 saturated heterocycles. The van der Waals surface area contributed by atoms with E-state index in [4.69, 9.17) is 0 Å². The SMILES string of the molecule is CCN(CC)CCNCc1ccn(C(C)C)n1. The first-order chi connectivity index (χ1) is 8.17. The molecule has 0 radical (unpaired) electrons. The van der Waals surface area contributed by atoms with Gasteiger partial charge in [-0.25, -0.2) is 0 Å². The van der Waals surface area contributed by atoms with E-state index in [0.29, 0.717) is 6.04 Å². The summed E-state index contributed by atoms with van der Waals surface area (Å²) in [5, 5.41) is 7.94. The third-order valence-corrected chi connectivity index (χ3v) is 3.00. The Hall–Kier alpha value is -0.870. The van der Waals surface area contributed by atoms with Crippen LogP contribution in [0.3, 0.4) is 0 Å². The predicted molar refractivity (Wildman–Crippen MR) is 72.1 cm³/mol. The van der Waals surface area contributed by atoms with Crippen LogP contribution in [0.15, 0.2) is 12.3 Å². The molecule has 0 spiro atoms. The highest BCUT2D eigenvalue weighted by Crippen LogP contribution is 2.03. The number of rotatable bonds is 8. The molecule has 4 heteroatoms. The fraction of sp³-hybridized carbons (Fsp3) is 0.769. The minimum Gasteiger partial charge on any atom is -0.310 e. The number of nitrogens with one attached hydrogen (secondary N) is 1. The molecule has 0 fully saturated rings. The number of nitrogens with zero attached hydrogens (tertiary/aromatic N) is 3. The van der Waals surface area contributed by atoms with Crippen molar-refractivity contribution in [2.24, 2.45) is 0 Å². The van der Waals surface area contributed by atoms with Gasteiger partial charge in [0.05, 0.1) is 5.69 Å². The second-order valence-electron chi connectivity index (χ2n) is 4.58. The Morgan fingerprint density at radius 1 is 1.35 bits per heavy atom. The van der Waals surface area contributed by atoms with Gasteiger partial charge >= 0.3 is 0 Å². The first-order valence-corrected chi connectivity index (χ1v) is 6.64. The minimum absolute atomic E-state index is 0.444. The molecule has 0 atom stereocenters. The Kier molecular flexibility index (Phi) is 6.22. The zero-order chi connectivity index (χ0) is 12.7. The van der Waals surface area contributed by atoms with Gasteiger partial charge in [0.1, 0.15) is 0 Å². The van der Waals surface area contributed by atoms with Gasteiger partial charge in [-0.15, -0.1) is 0 Å². The van der Waals surface area contributed by atoms with Gasteiger partial charge in [0.2, 0.25) is 0 Å². The van der Waals surface area contributed by atoms with Crippen LogP contribution in [0.5, 0.6) is 0 Å². The summed E-state index contributed by atoms with van der Waals surface area (Å²) in [7, 11) is 0. The largest absolute Gasteiger partial charge is 0.310 e. The van der Waals surface area contributed by atoms with E-state index >= 15 is 0 Å². The van der Waals surface area contributed by atoms with Crippen molar-refractivity contribution in [3.8, 4) is 0 Å². The fourth-order valence-corrected chi connectivity index (χ4v) is 1.75. The lowest BCUT2D eigenvalue weighted by molar-refractivity contribution is 0.302. The Bertz CT molecular complexity index is 302. The van der Waals surface area contributed by atoms with Crippen molar-refractivity contribution in [3.05, 3.63) is 18.0 Å². The third kappa shape index (κ3) is 4.88. The Morgan fingerprint density at radius 3 is 2.59 bits per heavy atom. The Balaban J connectivity index is 2.21. The molecule has 1 aromatic rings. The van der Waals surface area contributed by atoms with Crippen LogP contribution >= 0.6 is 0 Å². The lowest BCUT2D eigenvalue weighted by Gasteiger charge is -2.17. The van der Waals surface area contributed by atoms with Crippen molar-refractivity contribution < 1.29 is 0 Å². The van der Waals surface area contributed by atoms with Crippen LogP contribution in [0.25, 0.3) is 0 Å². The summed E-state index contributed by atoms with van der Waals surface area (Å²) in [5.74, 6) is 0. The van der Waals surface area contributed by atoms with Gasteiger partial charge in [-0.2, -0.15) is 5.10 Å². The lowest BCUT2D eigenvalue weighted by Crippen LogP contribution is -2.31. The molecule has 1 heterocycles. The van der Waals surface area contributed by atoms with Crippen molar-refractivity contribution in [3.63, 3.8) is 0 Å². The molecule has 0 aliphatic carbocycles. The predicted octanol–water partition coefficient (Wildman–Crippen LogP) is 1.90. The fourth-order valence-electron chi connectivity index (χ4n) is 1.75. The average Bonchev–Trinajstić information content (AvgIpc) is 2.78. The van der Waals surface area contributed by atoms with Crippen LogP contribution in [-0.2, 0) is 6.54 Å². The highest BCUT2D eigenvalue weighted by atomic mass is 15.3. The van der Waals surface area contributed by atoms with Crippen molar-refractivity contribution in [2.75, 3.05) is 26.2 Å². The zero-order valence-corrected chi connectivity index (χ0v) is 11.6. The van der Waals surface area contributed by atoms with Gasteiger partial charge in [0, 0.05) is 31.9 Å². The molecule has 98 valence electrons. The van der Waals surface area contributed by atoms with E-state index < -0.39 is 0 Å². The van der Waals surface area contributed by atoms with Gasteiger partial charge in [0.25, 0.3) is 0 Å². The second-order valence-corrected chi connectivity index (χ2v) is 4.58. The average molecular weight is 238 g/mol. The molecule has 0 amide bonds. The zero-order valence-electron chi connectivity index (χ0n) is 11.6. The Labute approximate surface area is 105 Å². The molecule has 0 aromatic carbocycles. The van der Waals surface area contributed by atoms with E-state index in [9.17, 15) is 0 Å². The maximum absolute atomic E-state index is 4.51. The van der Waals surface area contributed by atoms with Gasteiger partial charge in [-0.05, 0) is 33.0 Å². The lowest BCUT2D eigenvalue weighted by atomic mass is 10.4. The van der Waals surface area contributed by atoms with Gasteiger partial charge in [0.15, 0.2) is 0 Å². The monoisotopic (exact) mass is 238 g/mol. The van der Waals surface area contributed by atoms with Crippen molar-refractivity contribution in [1.29, 1.82) is 0 Å². The number of aromatic nitrogens is 2. The maximum Gasteiger partial charge on any atom is 0.0762 e. The smallest absolute Gasteiger partial charge is 0.0762 e. The van der Waals surface area contributed by atoms with Crippen LogP contribution in [0.4, 0.5) is 0 Å². The van der Waals surface area contributed by atoms with Crippen molar-refractivity contribution >= 4 is 0 Å². The van der Waals surface area contributed by atoms with Gasteiger partial charge in [-0.3, -0.25) is 4.68 Å².